The maximum Gasteiger partial charge on any atom is 0.224 e. The Balaban J connectivity index is 1.81. The molecule has 23 heavy (non-hydrogen) atoms. The summed E-state index contributed by atoms with van der Waals surface area (Å²) < 4.78 is 5.72. The SMILES string of the molecule is Cc1cc(C)c(NC(=O)CCCOc2ccccc2C)c(C)c1. The molecule has 122 valence electrons. The zero-order valence-corrected chi connectivity index (χ0v) is 14.4. The number of benzene rings is 2. The van der Waals surface area contributed by atoms with E-state index in [-0.39, 0.29) is 5.91 Å². The standard InChI is InChI=1S/C20H25NO2/c1-14-12-16(3)20(17(4)13-14)21-19(22)10-7-11-23-18-9-6-5-8-15(18)2/h5-6,8-9,12-13H,7,10-11H2,1-4H3,(H,21,22). The average Bonchev–Trinajstić information content (AvgIpc) is 2.49. The Bertz CT molecular complexity index is 669. The second-order valence-electron chi connectivity index (χ2n) is 6.04. The summed E-state index contributed by atoms with van der Waals surface area (Å²) in [4.78, 5) is 12.1. The Hall–Kier alpha value is -2.29. The molecule has 0 aromatic heterocycles. The van der Waals surface area contributed by atoms with Crippen LogP contribution in [-0.2, 0) is 4.79 Å². The lowest BCUT2D eigenvalue weighted by Crippen LogP contribution is -2.14. The molecule has 0 bridgehead atoms. The van der Waals surface area contributed by atoms with Crippen molar-refractivity contribution in [2.75, 3.05) is 11.9 Å². The van der Waals surface area contributed by atoms with E-state index in [4.69, 9.17) is 4.74 Å². The highest BCUT2D eigenvalue weighted by Crippen LogP contribution is 2.22. The van der Waals surface area contributed by atoms with Crippen molar-refractivity contribution >= 4 is 11.6 Å². The van der Waals surface area contributed by atoms with Crippen LogP contribution in [0.1, 0.15) is 35.1 Å². The number of hydrogen-bond donors (Lipinski definition) is 1. The number of para-hydroxylation sites is 1. The van der Waals surface area contributed by atoms with Gasteiger partial charge in [-0.15, -0.1) is 0 Å². The van der Waals surface area contributed by atoms with E-state index in [1.54, 1.807) is 0 Å². The predicted octanol–water partition coefficient (Wildman–Crippen LogP) is 4.72. The van der Waals surface area contributed by atoms with Crippen LogP contribution < -0.4 is 10.1 Å². The molecule has 0 fully saturated rings. The molecule has 2 aromatic carbocycles. The van der Waals surface area contributed by atoms with Crippen LogP contribution in [-0.4, -0.2) is 12.5 Å². The summed E-state index contributed by atoms with van der Waals surface area (Å²) in [5, 5.41) is 3.02. The third-order valence-corrected chi connectivity index (χ3v) is 3.84. The minimum atomic E-state index is 0.0356. The van der Waals surface area contributed by atoms with Gasteiger partial charge in [0.05, 0.1) is 6.61 Å². The van der Waals surface area contributed by atoms with Crippen LogP contribution >= 0.6 is 0 Å². The van der Waals surface area contributed by atoms with Crippen molar-refractivity contribution in [1.82, 2.24) is 0 Å². The molecular formula is C20H25NO2. The van der Waals surface area contributed by atoms with E-state index in [2.05, 4.69) is 24.4 Å². The van der Waals surface area contributed by atoms with E-state index in [1.165, 1.54) is 5.56 Å². The van der Waals surface area contributed by atoms with Crippen LogP contribution in [0.25, 0.3) is 0 Å². The molecule has 0 heterocycles. The predicted molar refractivity (Wildman–Crippen MR) is 95.2 cm³/mol. The molecule has 0 unspecified atom stereocenters. The van der Waals surface area contributed by atoms with Gasteiger partial charge in [-0.05, 0) is 56.9 Å². The summed E-state index contributed by atoms with van der Waals surface area (Å²) >= 11 is 0. The smallest absolute Gasteiger partial charge is 0.224 e. The zero-order chi connectivity index (χ0) is 16.8. The molecule has 0 saturated heterocycles. The maximum absolute atomic E-state index is 12.1. The summed E-state index contributed by atoms with van der Waals surface area (Å²) in [5.74, 6) is 0.923. The second-order valence-corrected chi connectivity index (χ2v) is 6.04. The van der Waals surface area contributed by atoms with Gasteiger partial charge < -0.3 is 10.1 Å². The van der Waals surface area contributed by atoms with Crippen molar-refractivity contribution in [1.29, 1.82) is 0 Å². The van der Waals surface area contributed by atoms with E-state index < -0.39 is 0 Å². The van der Waals surface area contributed by atoms with Gasteiger partial charge in [0.1, 0.15) is 5.75 Å². The number of nitrogens with one attached hydrogen (secondary N) is 1. The number of carbonyl (C=O) groups excluding carboxylic acids is 1. The van der Waals surface area contributed by atoms with Gasteiger partial charge >= 0.3 is 0 Å². The van der Waals surface area contributed by atoms with E-state index in [0.29, 0.717) is 19.4 Å². The van der Waals surface area contributed by atoms with Gasteiger partial charge in [-0.25, -0.2) is 0 Å². The molecule has 2 rings (SSSR count). The molecular weight excluding hydrogens is 286 g/mol. The first kappa shape index (κ1) is 17.1. The van der Waals surface area contributed by atoms with Crippen molar-refractivity contribution in [3.63, 3.8) is 0 Å². The van der Waals surface area contributed by atoms with E-state index in [9.17, 15) is 4.79 Å². The zero-order valence-electron chi connectivity index (χ0n) is 14.4. The Morgan fingerprint density at radius 2 is 1.65 bits per heavy atom. The molecule has 0 aliphatic rings. The third-order valence-electron chi connectivity index (χ3n) is 3.84. The number of aryl methyl sites for hydroxylation is 4. The largest absolute Gasteiger partial charge is 0.493 e. The molecule has 2 aromatic rings. The third kappa shape index (κ3) is 4.85. The van der Waals surface area contributed by atoms with Crippen LogP contribution in [0.4, 0.5) is 5.69 Å². The molecule has 0 radical (unpaired) electrons. The van der Waals surface area contributed by atoms with Gasteiger partial charge in [0.15, 0.2) is 0 Å². The quantitative estimate of drug-likeness (QED) is 0.784. The topological polar surface area (TPSA) is 38.3 Å². The molecule has 1 N–H and O–H groups in total. The van der Waals surface area contributed by atoms with Crippen molar-refractivity contribution in [3.8, 4) is 5.75 Å². The lowest BCUT2D eigenvalue weighted by Gasteiger charge is -2.13. The molecule has 1 amide bonds. The summed E-state index contributed by atoms with van der Waals surface area (Å²) in [7, 11) is 0. The lowest BCUT2D eigenvalue weighted by molar-refractivity contribution is -0.116. The van der Waals surface area contributed by atoms with Crippen LogP contribution in [0.5, 0.6) is 5.75 Å². The van der Waals surface area contributed by atoms with Gasteiger partial charge in [0, 0.05) is 12.1 Å². The monoisotopic (exact) mass is 311 g/mol. The van der Waals surface area contributed by atoms with Crippen molar-refractivity contribution < 1.29 is 9.53 Å². The number of hydrogen-bond acceptors (Lipinski definition) is 2. The first-order valence-corrected chi connectivity index (χ1v) is 8.03. The van der Waals surface area contributed by atoms with Crippen LogP contribution in [0.15, 0.2) is 36.4 Å². The minimum absolute atomic E-state index is 0.0356. The van der Waals surface area contributed by atoms with Gasteiger partial charge in [-0.2, -0.15) is 0 Å². The Labute approximate surface area is 138 Å². The van der Waals surface area contributed by atoms with Crippen molar-refractivity contribution in [3.05, 3.63) is 58.7 Å². The van der Waals surface area contributed by atoms with E-state index in [0.717, 1.165) is 28.1 Å². The van der Waals surface area contributed by atoms with E-state index in [1.807, 2.05) is 45.0 Å². The molecule has 0 spiro atoms. The van der Waals surface area contributed by atoms with Gasteiger partial charge in [0.2, 0.25) is 5.91 Å². The van der Waals surface area contributed by atoms with Crippen LogP contribution in [0, 0.1) is 27.7 Å². The molecule has 0 atom stereocenters. The second kappa shape index (κ2) is 7.82. The highest BCUT2D eigenvalue weighted by Gasteiger charge is 2.08. The first-order chi connectivity index (χ1) is 11.0. The summed E-state index contributed by atoms with van der Waals surface area (Å²) in [5.41, 5.74) is 5.46. The summed E-state index contributed by atoms with van der Waals surface area (Å²) in [6.45, 7) is 8.68. The van der Waals surface area contributed by atoms with Gasteiger partial charge in [-0.3, -0.25) is 4.79 Å². The number of carbonyl (C=O) groups is 1. The Morgan fingerprint density at radius 1 is 1.00 bits per heavy atom. The molecule has 0 aliphatic carbocycles. The number of rotatable bonds is 6. The molecule has 0 aliphatic heterocycles. The number of ether oxygens (including phenoxy) is 1. The van der Waals surface area contributed by atoms with Crippen LogP contribution in [0.2, 0.25) is 0 Å². The normalized spacial score (nSPS) is 10.4. The summed E-state index contributed by atoms with van der Waals surface area (Å²) in [6.07, 6.45) is 1.16. The fourth-order valence-electron chi connectivity index (χ4n) is 2.71. The van der Waals surface area contributed by atoms with E-state index >= 15 is 0 Å². The molecule has 0 saturated carbocycles. The Kier molecular flexibility index (Phi) is 5.80. The minimum Gasteiger partial charge on any atom is -0.493 e. The molecule has 3 nitrogen and oxygen atoms in total. The fraction of sp³-hybridized carbons (Fsp3) is 0.350. The number of amides is 1. The average molecular weight is 311 g/mol. The van der Waals surface area contributed by atoms with Gasteiger partial charge in [-0.1, -0.05) is 35.9 Å². The van der Waals surface area contributed by atoms with Crippen molar-refractivity contribution in [2.24, 2.45) is 0 Å². The lowest BCUT2D eigenvalue weighted by atomic mass is 10.0. The highest BCUT2D eigenvalue weighted by molar-refractivity contribution is 5.92. The van der Waals surface area contributed by atoms with Crippen molar-refractivity contribution in [2.45, 2.75) is 40.5 Å². The maximum atomic E-state index is 12.1. The fourth-order valence-corrected chi connectivity index (χ4v) is 2.71. The van der Waals surface area contributed by atoms with Crippen LogP contribution in [0.3, 0.4) is 0 Å². The highest BCUT2D eigenvalue weighted by atomic mass is 16.5. The number of anilines is 1. The van der Waals surface area contributed by atoms with Gasteiger partial charge in [0.25, 0.3) is 0 Å². The first-order valence-electron chi connectivity index (χ1n) is 8.03. The summed E-state index contributed by atoms with van der Waals surface area (Å²) in [6, 6.07) is 12.1. The Morgan fingerprint density at radius 3 is 2.30 bits per heavy atom. The molecule has 3 heteroatoms.